The van der Waals surface area contributed by atoms with Gasteiger partial charge in [-0.1, -0.05) is 24.3 Å². The minimum atomic E-state index is -0.224. The number of hydrogen-bond acceptors (Lipinski definition) is 6. The molecule has 0 unspecified atom stereocenters. The van der Waals surface area contributed by atoms with Gasteiger partial charge in [-0.25, -0.2) is 0 Å². The van der Waals surface area contributed by atoms with Crippen molar-refractivity contribution in [2.45, 2.75) is 13.0 Å². The summed E-state index contributed by atoms with van der Waals surface area (Å²) < 4.78 is 16.2. The summed E-state index contributed by atoms with van der Waals surface area (Å²) in [5, 5.41) is 0.753. The third-order valence-corrected chi connectivity index (χ3v) is 6.04. The second-order valence-electron chi connectivity index (χ2n) is 6.71. The van der Waals surface area contributed by atoms with Crippen molar-refractivity contribution in [3.05, 3.63) is 58.0 Å². The highest BCUT2D eigenvalue weighted by Gasteiger charge is 2.28. The highest BCUT2D eigenvalue weighted by molar-refractivity contribution is 8.18. The fourth-order valence-electron chi connectivity index (χ4n) is 3.53. The standard InChI is InChI=1S/C22H22N2O4S/c1-26-17-10-14(11-18(27-2)20(17)28-3)12-19-21(25)23-22(29-19)24-9-8-15-6-4-5-7-16(15)13-24/h4-7,10-12H,8-9,13H2,1-3H3/b19-12-. The molecule has 2 aliphatic rings. The maximum Gasteiger partial charge on any atom is 0.286 e. The lowest BCUT2D eigenvalue weighted by atomic mass is 10.0. The van der Waals surface area contributed by atoms with Crippen LogP contribution in [0.3, 0.4) is 0 Å². The minimum Gasteiger partial charge on any atom is -0.493 e. The lowest BCUT2D eigenvalue weighted by Gasteiger charge is -2.29. The van der Waals surface area contributed by atoms with E-state index in [1.807, 2.05) is 24.3 Å². The number of benzene rings is 2. The van der Waals surface area contributed by atoms with Crippen LogP contribution in [0.5, 0.6) is 17.2 Å². The van der Waals surface area contributed by atoms with Gasteiger partial charge in [-0.05, 0) is 53.1 Å². The van der Waals surface area contributed by atoms with Crippen molar-refractivity contribution in [2.24, 2.45) is 4.99 Å². The zero-order chi connectivity index (χ0) is 20.4. The number of hydrogen-bond donors (Lipinski definition) is 0. The molecule has 0 atom stereocenters. The normalized spacial score (nSPS) is 17.2. The van der Waals surface area contributed by atoms with Gasteiger partial charge in [0, 0.05) is 13.1 Å². The topological polar surface area (TPSA) is 60.4 Å². The van der Waals surface area contributed by atoms with Crippen molar-refractivity contribution in [3.63, 3.8) is 0 Å². The average Bonchev–Trinajstić information content (AvgIpc) is 3.12. The third kappa shape index (κ3) is 3.82. The first-order chi connectivity index (χ1) is 14.1. The number of amidine groups is 1. The van der Waals surface area contributed by atoms with E-state index in [4.69, 9.17) is 14.2 Å². The van der Waals surface area contributed by atoms with Crippen LogP contribution < -0.4 is 14.2 Å². The molecule has 0 N–H and O–H groups in total. The van der Waals surface area contributed by atoms with Crippen molar-refractivity contribution in [1.82, 2.24) is 4.90 Å². The summed E-state index contributed by atoms with van der Waals surface area (Å²) in [6.07, 6.45) is 2.77. The second kappa shape index (κ2) is 8.21. The Labute approximate surface area is 174 Å². The lowest BCUT2D eigenvalue weighted by Crippen LogP contribution is -2.33. The van der Waals surface area contributed by atoms with Crippen molar-refractivity contribution in [2.75, 3.05) is 27.9 Å². The molecule has 4 rings (SSSR count). The summed E-state index contributed by atoms with van der Waals surface area (Å²) in [6, 6.07) is 12.0. The van der Waals surface area contributed by atoms with Crippen LogP contribution in [0.25, 0.3) is 6.08 Å². The van der Waals surface area contributed by atoms with Gasteiger partial charge in [-0.3, -0.25) is 4.79 Å². The molecule has 0 spiro atoms. The fraction of sp³-hybridized carbons (Fsp3) is 0.273. The van der Waals surface area contributed by atoms with E-state index in [9.17, 15) is 4.79 Å². The Kier molecular flexibility index (Phi) is 5.49. The van der Waals surface area contributed by atoms with Crippen molar-refractivity contribution in [3.8, 4) is 17.2 Å². The van der Waals surface area contributed by atoms with Gasteiger partial charge in [0.25, 0.3) is 5.91 Å². The number of carbonyl (C=O) groups is 1. The Balaban J connectivity index is 1.56. The molecule has 0 saturated heterocycles. The van der Waals surface area contributed by atoms with E-state index in [0.29, 0.717) is 22.2 Å². The molecule has 29 heavy (non-hydrogen) atoms. The van der Waals surface area contributed by atoms with E-state index in [1.165, 1.54) is 22.9 Å². The molecule has 6 nitrogen and oxygen atoms in total. The highest BCUT2D eigenvalue weighted by Crippen LogP contribution is 2.40. The molecule has 2 aromatic carbocycles. The van der Waals surface area contributed by atoms with E-state index >= 15 is 0 Å². The van der Waals surface area contributed by atoms with Crippen LogP contribution in [0.15, 0.2) is 46.3 Å². The first kappa shape index (κ1) is 19.4. The summed E-state index contributed by atoms with van der Waals surface area (Å²) in [4.78, 5) is 19.6. The molecule has 0 saturated carbocycles. The Morgan fingerprint density at radius 1 is 1.03 bits per heavy atom. The zero-order valence-corrected chi connectivity index (χ0v) is 17.4. The maximum absolute atomic E-state index is 12.5. The number of nitrogens with zero attached hydrogens (tertiary/aromatic N) is 2. The van der Waals surface area contributed by atoms with Crippen molar-refractivity contribution < 1.29 is 19.0 Å². The quantitative estimate of drug-likeness (QED) is 0.716. The smallest absolute Gasteiger partial charge is 0.286 e. The molecule has 0 aliphatic carbocycles. The van der Waals surface area contributed by atoms with Crippen molar-refractivity contribution >= 4 is 28.9 Å². The van der Waals surface area contributed by atoms with Crippen LogP contribution in [0.4, 0.5) is 0 Å². The molecule has 0 radical (unpaired) electrons. The van der Waals surface area contributed by atoms with Crippen LogP contribution in [-0.2, 0) is 17.8 Å². The van der Waals surface area contributed by atoms with Gasteiger partial charge in [0.15, 0.2) is 16.7 Å². The Morgan fingerprint density at radius 3 is 2.38 bits per heavy atom. The van der Waals surface area contributed by atoms with Crippen molar-refractivity contribution in [1.29, 1.82) is 0 Å². The second-order valence-corrected chi connectivity index (χ2v) is 7.72. The van der Waals surface area contributed by atoms with Crippen LogP contribution in [0.1, 0.15) is 16.7 Å². The zero-order valence-electron chi connectivity index (χ0n) is 16.6. The first-order valence-corrected chi connectivity index (χ1v) is 10.1. The van der Waals surface area contributed by atoms with Gasteiger partial charge in [0.1, 0.15) is 0 Å². The molecule has 1 amide bonds. The molecule has 2 aromatic rings. The van der Waals surface area contributed by atoms with Gasteiger partial charge < -0.3 is 19.1 Å². The average molecular weight is 410 g/mol. The molecule has 150 valence electrons. The SMILES string of the molecule is COc1cc(/C=C2\SC(N3CCc4ccccc4C3)=NC2=O)cc(OC)c1OC. The van der Waals surface area contributed by atoms with Crippen LogP contribution in [0.2, 0.25) is 0 Å². The first-order valence-electron chi connectivity index (χ1n) is 9.27. The summed E-state index contributed by atoms with van der Waals surface area (Å²) in [7, 11) is 4.70. The molecule has 2 heterocycles. The molecule has 0 aromatic heterocycles. The molecule has 0 bridgehead atoms. The molecular formula is C22H22N2O4S. The predicted molar refractivity (Wildman–Crippen MR) is 115 cm³/mol. The fourth-order valence-corrected chi connectivity index (χ4v) is 4.47. The van der Waals surface area contributed by atoms with E-state index in [2.05, 4.69) is 28.1 Å². The molecule has 0 fully saturated rings. The summed E-state index contributed by atoms with van der Waals surface area (Å²) in [6.45, 7) is 1.63. The van der Waals surface area contributed by atoms with Gasteiger partial charge in [-0.15, -0.1) is 0 Å². The van der Waals surface area contributed by atoms with E-state index in [-0.39, 0.29) is 5.91 Å². The van der Waals surface area contributed by atoms with Crippen LogP contribution >= 0.6 is 11.8 Å². The lowest BCUT2D eigenvalue weighted by molar-refractivity contribution is -0.113. The maximum atomic E-state index is 12.5. The Hall–Kier alpha value is -2.93. The van der Waals surface area contributed by atoms with E-state index in [1.54, 1.807) is 21.3 Å². The summed E-state index contributed by atoms with van der Waals surface area (Å²) >= 11 is 1.41. The number of thioether (sulfide) groups is 1. The highest BCUT2D eigenvalue weighted by atomic mass is 32.2. The number of aliphatic imine (C=N–C) groups is 1. The van der Waals surface area contributed by atoms with Gasteiger partial charge in [-0.2, -0.15) is 4.99 Å². The van der Waals surface area contributed by atoms with Crippen LogP contribution in [0, 0.1) is 0 Å². The molecule has 7 heteroatoms. The minimum absolute atomic E-state index is 0.224. The number of carbonyl (C=O) groups excluding carboxylic acids is 1. The number of rotatable bonds is 4. The predicted octanol–water partition coefficient (Wildman–Crippen LogP) is 3.74. The monoisotopic (exact) mass is 410 g/mol. The molecular weight excluding hydrogens is 388 g/mol. The largest absolute Gasteiger partial charge is 0.493 e. The number of amides is 1. The van der Waals surface area contributed by atoms with Gasteiger partial charge in [0.05, 0.1) is 26.2 Å². The number of methoxy groups -OCH3 is 3. The van der Waals surface area contributed by atoms with E-state index < -0.39 is 0 Å². The Bertz CT molecular complexity index is 991. The third-order valence-electron chi connectivity index (χ3n) is 5.00. The van der Waals surface area contributed by atoms with Crippen LogP contribution in [-0.4, -0.2) is 43.8 Å². The Morgan fingerprint density at radius 2 is 1.72 bits per heavy atom. The summed E-state index contributed by atoms with van der Waals surface area (Å²) in [5.74, 6) is 1.38. The summed E-state index contributed by atoms with van der Waals surface area (Å²) in [5.41, 5.74) is 3.44. The van der Waals surface area contributed by atoms with E-state index in [0.717, 1.165) is 30.2 Å². The number of fused-ring (bicyclic) bond motifs is 1. The number of ether oxygens (including phenoxy) is 3. The van der Waals surface area contributed by atoms with Gasteiger partial charge >= 0.3 is 0 Å². The molecule has 2 aliphatic heterocycles. The van der Waals surface area contributed by atoms with Gasteiger partial charge in [0.2, 0.25) is 5.75 Å².